The zero-order chi connectivity index (χ0) is 12.8. The molecule has 0 saturated heterocycles. The lowest BCUT2D eigenvalue weighted by molar-refractivity contribution is 0.394. The van der Waals surface area contributed by atoms with E-state index in [1.54, 1.807) is 0 Å². The van der Waals surface area contributed by atoms with Gasteiger partial charge in [-0.05, 0) is 5.92 Å². The number of hydrogen-bond donors (Lipinski definition) is 0. The number of unbranched alkanes of at least 4 members (excludes halogenated alkanes) is 8. The van der Waals surface area contributed by atoms with Gasteiger partial charge in [0.1, 0.15) is 0 Å². The molecule has 0 atom stereocenters. The monoisotopic (exact) mass is 238 g/mol. The summed E-state index contributed by atoms with van der Waals surface area (Å²) in [7, 11) is 0. The van der Waals surface area contributed by atoms with Crippen molar-refractivity contribution in [3.63, 3.8) is 0 Å². The number of hydrogen-bond acceptors (Lipinski definition) is 0. The predicted octanol–water partition coefficient (Wildman–Crippen LogP) is 6.36. The van der Waals surface area contributed by atoms with Crippen LogP contribution in [0, 0.1) is 19.8 Å². The molecular weight excluding hydrogens is 204 g/mol. The second-order valence-electron chi connectivity index (χ2n) is 5.39. The van der Waals surface area contributed by atoms with Crippen LogP contribution >= 0.6 is 0 Å². The molecule has 0 fully saturated rings. The standard InChI is InChI=1S/C17H34/c1-4-7-9-11-13-15-17(6-3)16-14-12-10-8-5-2/h17H,1-2,4-16H2,3H3. The summed E-state index contributed by atoms with van der Waals surface area (Å²) >= 11 is 0. The average molecular weight is 238 g/mol. The van der Waals surface area contributed by atoms with Crippen LogP contribution in [0.5, 0.6) is 0 Å². The van der Waals surface area contributed by atoms with Gasteiger partial charge in [0, 0.05) is 0 Å². The third-order valence-corrected chi connectivity index (χ3v) is 3.80. The quantitative estimate of drug-likeness (QED) is 0.327. The highest BCUT2D eigenvalue weighted by Crippen LogP contribution is 2.21. The minimum Gasteiger partial charge on any atom is -0.0651 e. The van der Waals surface area contributed by atoms with Crippen molar-refractivity contribution in [1.82, 2.24) is 0 Å². The molecule has 0 N–H and O–H groups in total. The van der Waals surface area contributed by atoms with E-state index in [-0.39, 0.29) is 0 Å². The minimum absolute atomic E-state index is 0.995. The van der Waals surface area contributed by atoms with E-state index in [9.17, 15) is 0 Å². The van der Waals surface area contributed by atoms with Crippen molar-refractivity contribution in [3.05, 3.63) is 13.8 Å². The van der Waals surface area contributed by atoms with Crippen molar-refractivity contribution < 1.29 is 0 Å². The van der Waals surface area contributed by atoms with Crippen LogP contribution in [0.25, 0.3) is 0 Å². The van der Waals surface area contributed by atoms with E-state index < -0.39 is 0 Å². The lowest BCUT2D eigenvalue weighted by Gasteiger charge is -2.14. The largest absolute Gasteiger partial charge is 0.0651 e. The Balaban J connectivity index is 3.30. The molecule has 2 radical (unpaired) electrons. The molecule has 102 valence electrons. The van der Waals surface area contributed by atoms with Gasteiger partial charge in [0.05, 0.1) is 0 Å². The highest BCUT2D eigenvalue weighted by Gasteiger charge is 2.05. The summed E-state index contributed by atoms with van der Waals surface area (Å²) in [4.78, 5) is 0. The van der Waals surface area contributed by atoms with Crippen molar-refractivity contribution >= 4 is 0 Å². The summed E-state index contributed by atoms with van der Waals surface area (Å²) < 4.78 is 0. The van der Waals surface area contributed by atoms with Gasteiger partial charge in [-0.1, -0.05) is 104 Å². The third kappa shape index (κ3) is 12.2. The summed E-state index contributed by atoms with van der Waals surface area (Å²) in [6.07, 6.45) is 17.7. The first-order valence-corrected chi connectivity index (χ1v) is 7.93. The van der Waals surface area contributed by atoms with Gasteiger partial charge < -0.3 is 0 Å². The van der Waals surface area contributed by atoms with E-state index in [0.29, 0.717) is 0 Å². The Bertz CT molecular complexity index is 114. The van der Waals surface area contributed by atoms with E-state index in [1.807, 2.05) is 0 Å². The Labute approximate surface area is 111 Å². The molecule has 0 amide bonds. The Morgan fingerprint density at radius 1 is 0.647 bits per heavy atom. The second kappa shape index (κ2) is 14.1. The molecule has 0 aliphatic carbocycles. The molecule has 17 heavy (non-hydrogen) atoms. The Kier molecular flexibility index (Phi) is 14.1. The first-order chi connectivity index (χ1) is 8.35. The average Bonchev–Trinajstić information content (AvgIpc) is 2.36. The zero-order valence-corrected chi connectivity index (χ0v) is 12.2. The second-order valence-corrected chi connectivity index (χ2v) is 5.39. The maximum Gasteiger partial charge on any atom is -0.0417 e. The van der Waals surface area contributed by atoms with E-state index in [1.165, 1.54) is 70.6 Å². The molecule has 0 aliphatic rings. The molecule has 0 heterocycles. The number of rotatable bonds is 13. The van der Waals surface area contributed by atoms with Crippen LogP contribution in [0.4, 0.5) is 0 Å². The van der Waals surface area contributed by atoms with Crippen LogP contribution in [0.3, 0.4) is 0 Å². The zero-order valence-electron chi connectivity index (χ0n) is 12.2. The molecule has 0 nitrogen and oxygen atoms in total. The van der Waals surface area contributed by atoms with Crippen molar-refractivity contribution in [1.29, 1.82) is 0 Å². The first-order valence-electron chi connectivity index (χ1n) is 7.93. The Hall–Kier alpha value is 0. The lowest BCUT2D eigenvalue weighted by atomic mass is 9.92. The molecule has 0 unspecified atom stereocenters. The summed E-state index contributed by atoms with van der Waals surface area (Å²) in [5.74, 6) is 0.995. The van der Waals surface area contributed by atoms with Crippen LogP contribution in [0.15, 0.2) is 0 Å². The van der Waals surface area contributed by atoms with Gasteiger partial charge in [-0.25, -0.2) is 0 Å². The van der Waals surface area contributed by atoms with E-state index in [2.05, 4.69) is 20.8 Å². The van der Waals surface area contributed by atoms with Crippen molar-refractivity contribution in [3.8, 4) is 0 Å². The smallest absolute Gasteiger partial charge is 0.0417 e. The topological polar surface area (TPSA) is 0 Å². The fraction of sp³-hybridized carbons (Fsp3) is 0.882. The molecule has 0 aromatic carbocycles. The van der Waals surface area contributed by atoms with Gasteiger partial charge in [-0.2, -0.15) is 0 Å². The van der Waals surface area contributed by atoms with Crippen LogP contribution in [0.2, 0.25) is 0 Å². The van der Waals surface area contributed by atoms with Crippen LogP contribution in [-0.4, -0.2) is 0 Å². The van der Waals surface area contributed by atoms with Gasteiger partial charge in [0.25, 0.3) is 0 Å². The molecule has 0 bridgehead atoms. The fourth-order valence-electron chi connectivity index (χ4n) is 2.48. The van der Waals surface area contributed by atoms with Gasteiger partial charge in [-0.15, -0.1) is 0 Å². The van der Waals surface area contributed by atoms with Crippen molar-refractivity contribution in [2.45, 2.75) is 90.4 Å². The van der Waals surface area contributed by atoms with Crippen molar-refractivity contribution in [2.24, 2.45) is 5.92 Å². The SMILES string of the molecule is [CH2]CCCCCCC(CC)CCCCCC[CH2]. The Morgan fingerprint density at radius 2 is 1.06 bits per heavy atom. The fourth-order valence-corrected chi connectivity index (χ4v) is 2.48. The molecule has 0 heteroatoms. The molecule has 0 aliphatic heterocycles. The van der Waals surface area contributed by atoms with Gasteiger partial charge >= 0.3 is 0 Å². The lowest BCUT2D eigenvalue weighted by Crippen LogP contribution is -1.99. The highest BCUT2D eigenvalue weighted by atomic mass is 14.1. The van der Waals surface area contributed by atoms with E-state index >= 15 is 0 Å². The summed E-state index contributed by atoms with van der Waals surface area (Å²) in [6, 6.07) is 0. The van der Waals surface area contributed by atoms with Gasteiger partial charge in [0.2, 0.25) is 0 Å². The highest BCUT2D eigenvalue weighted by molar-refractivity contribution is 4.59. The normalized spacial score (nSPS) is 11.3. The van der Waals surface area contributed by atoms with Crippen molar-refractivity contribution in [2.75, 3.05) is 0 Å². The summed E-state index contributed by atoms with van der Waals surface area (Å²) in [5.41, 5.74) is 0. The summed E-state index contributed by atoms with van der Waals surface area (Å²) in [6.45, 7) is 10.1. The summed E-state index contributed by atoms with van der Waals surface area (Å²) in [5, 5.41) is 0. The maximum atomic E-state index is 3.90. The van der Waals surface area contributed by atoms with Gasteiger partial charge in [0.15, 0.2) is 0 Å². The maximum absolute atomic E-state index is 3.90. The molecule has 0 aromatic rings. The van der Waals surface area contributed by atoms with Crippen LogP contribution < -0.4 is 0 Å². The minimum atomic E-state index is 0.995. The molecule has 0 rings (SSSR count). The molecule has 0 saturated carbocycles. The molecule has 0 spiro atoms. The van der Waals surface area contributed by atoms with E-state index in [4.69, 9.17) is 0 Å². The predicted molar refractivity (Wildman–Crippen MR) is 79.9 cm³/mol. The first kappa shape index (κ1) is 17.0. The van der Waals surface area contributed by atoms with Gasteiger partial charge in [-0.3, -0.25) is 0 Å². The van der Waals surface area contributed by atoms with E-state index in [0.717, 1.165) is 18.8 Å². The molecular formula is C17H34. The third-order valence-electron chi connectivity index (χ3n) is 3.80. The van der Waals surface area contributed by atoms with Crippen LogP contribution in [-0.2, 0) is 0 Å². The Morgan fingerprint density at radius 3 is 1.41 bits per heavy atom. The molecule has 0 aromatic heterocycles. The van der Waals surface area contributed by atoms with Crippen LogP contribution in [0.1, 0.15) is 90.4 Å².